The lowest BCUT2D eigenvalue weighted by Gasteiger charge is -2.05. The third-order valence-electron chi connectivity index (χ3n) is 4.32. The van der Waals surface area contributed by atoms with E-state index in [2.05, 4.69) is 85.9 Å². The second-order valence-electron chi connectivity index (χ2n) is 6.47. The molecule has 0 atom stereocenters. The number of aromatic nitrogens is 1. The molecule has 1 aromatic heterocycles. The number of nitrogens with zero attached hydrogens (tertiary/aromatic N) is 1. The molecule has 4 aromatic rings. The monoisotopic (exact) mass is 344 g/mol. The fourth-order valence-corrected chi connectivity index (χ4v) is 3.79. The van der Waals surface area contributed by atoms with E-state index < -0.39 is 0 Å². The molecule has 0 amide bonds. The van der Waals surface area contributed by atoms with Crippen molar-refractivity contribution in [2.45, 2.75) is 19.8 Å². The van der Waals surface area contributed by atoms with Gasteiger partial charge in [-0.25, -0.2) is 4.98 Å². The molecule has 0 aliphatic heterocycles. The number of hydrogen-bond acceptors (Lipinski definition) is 3. The fourth-order valence-electron chi connectivity index (χ4n) is 2.85. The summed E-state index contributed by atoms with van der Waals surface area (Å²) in [7, 11) is 0. The van der Waals surface area contributed by atoms with Gasteiger partial charge in [-0.3, -0.25) is 0 Å². The van der Waals surface area contributed by atoms with E-state index >= 15 is 0 Å². The molecule has 1 N–H and O–H groups in total. The number of hydrogen-bond donors (Lipinski definition) is 1. The smallest absolute Gasteiger partial charge is 0.188 e. The van der Waals surface area contributed by atoms with Gasteiger partial charge in [-0.1, -0.05) is 73.7 Å². The Labute approximate surface area is 152 Å². The topological polar surface area (TPSA) is 24.9 Å². The summed E-state index contributed by atoms with van der Waals surface area (Å²) in [6.07, 6.45) is 0. The van der Waals surface area contributed by atoms with Crippen molar-refractivity contribution in [1.29, 1.82) is 0 Å². The molecule has 3 heteroatoms. The molecule has 0 saturated carbocycles. The molecule has 124 valence electrons. The highest BCUT2D eigenvalue weighted by atomic mass is 32.1. The lowest BCUT2D eigenvalue weighted by Crippen LogP contribution is -1.89. The van der Waals surface area contributed by atoms with Crippen molar-refractivity contribution in [2.75, 3.05) is 5.32 Å². The van der Waals surface area contributed by atoms with Crippen LogP contribution < -0.4 is 5.32 Å². The molecule has 0 aliphatic rings. The van der Waals surface area contributed by atoms with E-state index in [-0.39, 0.29) is 0 Å². The molecular formula is C22H20N2S. The van der Waals surface area contributed by atoms with Crippen molar-refractivity contribution < 1.29 is 0 Å². The maximum absolute atomic E-state index is 4.70. The highest BCUT2D eigenvalue weighted by Crippen LogP contribution is 2.31. The highest BCUT2D eigenvalue weighted by molar-refractivity contribution is 7.22. The molecule has 0 unspecified atom stereocenters. The van der Waals surface area contributed by atoms with Crippen LogP contribution in [0.4, 0.5) is 10.8 Å². The predicted octanol–water partition coefficient (Wildman–Crippen LogP) is 6.83. The normalized spacial score (nSPS) is 11.2. The lowest BCUT2D eigenvalue weighted by molar-refractivity contribution is 0.869. The van der Waals surface area contributed by atoms with Crippen LogP contribution in [0.2, 0.25) is 0 Å². The van der Waals surface area contributed by atoms with Gasteiger partial charge in [0, 0.05) is 5.69 Å². The van der Waals surface area contributed by atoms with Gasteiger partial charge in [0.05, 0.1) is 10.2 Å². The Balaban J connectivity index is 1.56. The van der Waals surface area contributed by atoms with Gasteiger partial charge in [-0.05, 0) is 46.9 Å². The Morgan fingerprint density at radius 2 is 1.56 bits per heavy atom. The SMILES string of the molecule is CC(C)c1ccc2nc(Nc3ccc(-c4ccccc4)cc3)sc2c1. The third-order valence-corrected chi connectivity index (χ3v) is 5.26. The zero-order valence-electron chi connectivity index (χ0n) is 14.4. The summed E-state index contributed by atoms with van der Waals surface area (Å²) in [6.45, 7) is 4.44. The first-order chi connectivity index (χ1) is 12.2. The minimum atomic E-state index is 0.536. The summed E-state index contributed by atoms with van der Waals surface area (Å²) in [5.74, 6) is 0.536. The Morgan fingerprint density at radius 1 is 0.840 bits per heavy atom. The summed E-state index contributed by atoms with van der Waals surface area (Å²) >= 11 is 1.70. The van der Waals surface area contributed by atoms with Crippen LogP contribution in [0.5, 0.6) is 0 Å². The molecule has 2 nitrogen and oxygen atoms in total. The van der Waals surface area contributed by atoms with E-state index in [4.69, 9.17) is 4.98 Å². The third kappa shape index (κ3) is 3.42. The van der Waals surface area contributed by atoms with E-state index in [0.29, 0.717) is 5.92 Å². The lowest BCUT2D eigenvalue weighted by atomic mass is 10.0. The average molecular weight is 344 g/mol. The molecule has 0 aliphatic carbocycles. The number of nitrogens with one attached hydrogen (secondary N) is 1. The van der Waals surface area contributed by atoms with Crippen LogP contribution in [0.25, 0.3) is 21.3 Å². The van der Waals surface area contributed by atoms with Crippen molar-refractivity contribution in [3.63, 3.8) is 0 Å². The highest BCUT2D eigenvalue weighted by Gasteiger charge is 2.07. The number of fused-ring (bicyclic) bond motifs is 1. The van der Waals surface area contributed by atoms with Gasteiger partial charge in [0.15, 0.2) is 5.13 Å². The molecule has 4 rings (SSSR count). The molecule has 0 radical (unpaired) electrons. The Kier molecular flexibility index (Phi) is 4.24. The molecule has 0 bridgehead atoms. The Morgan fingerprint density at radius 3 is 2.28 bits per heavy atom. The zero-order valence-corrected chi connectivity index (χ0v) is 15.2. The first-order valence-corrected chi connectivity index (χ1v) is 9.34. The van der Waals surface area contributed by atoms with Gasteiger partial charge >= 0.3 is 0 Å². The van der Waals surface area contributed by atoms with E-state index in [9.17, 15) is 0 Å². The molecule has 3 aromatic carbocycles. The van der Waals surface area contributed by atoms with E-state index in [1.165, 1.54) is 21.4 Å². The summed E-state index contributed by atoms with van der Waals surface area (Å²) in [5.41, 5.74) is 5.92. The number of thiazole rings is 1. The van der Waals surface area contributed by atoms with Gasteiger partial charge in [0.1, 0.15) is 0 Å². The first kappa shape index (κ1) is 15.9. The van der Waals surface area contributed by atoms with Crippen LogP contribution >= 0.6 is 11.3 Å². The van der Waals surface area contributed by atoms with Crippen LogP contribution in [0.3, 0.4) is 0 Å². The minimum Gasteiger partial charge on any atom is -0.332 e. The molecule has 1 heterocycles. The predicted molar refractivity (Wildman–Crippen MR) is 109 cm³/mol. The van der Waals surface area contributed by atoms with Gasteiger partial charge < -0.3 is 5.32 Å². The van der Waals surface area contributed by atoms with Crippen LogP contribution in [0.1, 0.15) is 25.3 Å². The summed E-state index contributed by atoms with van der Waals surface area (Å²) in [5, 5.41) is 4.36. The quantitative estimate of drug-likeness (QED) is 0.439. The largest absolute Gasteiger partial charge is 0.332 e. The second-order valence-corrected chi connectivity index (χ2v) is 7.50. The molecule has 0 spiro atoms. The van der Waals surface area contributed by atoms with E-state index in [1.807, 2.05) is 6.07 Å². The molecule has 0 saturated heterocycles. The Hall–Kier alpha value is -2.65. The van der Waals surface area contributed by atoms with Crippen LogP contribution in [-0.4, -0.2) is 4.98 Å². The van der Waals surface area contributed by atoms with Crippen molar-refractivity contribution in [2.24, 2.45) is 0 Å². The molecular weight excluding hydrogens is 324 g/mol. The van der Waals surface area contributed by atoms with Crippen LogP contribution in [0, 0.1) is 0 Å². The van der Waals surface area contributed by atoms with Gasteiger partial charge in [0.25, 0.3) is 0 Å². The van der Waals surface area contributed by atoms with Crippen molar-refractivity contribution >= 4 is 32.4 Å². The minimum absolute atomic E-state index is 0.536. The second kappa shape index (κ2) is 6.69. The van der Waals surface area contributed by atoms with Crippen molar-refractivity contribution in [3.8, 4) is 11.1 Å². The van der Waals surface area contributed by atoms with E-state index in [1.54, 1.807) is 11.3 Å². The van der Waals surface area contributed by atoms with Crippen LogP contribution in [-0.2, 0) is 0 Å². The maximum atomic E-state index is 4.70. The molecule has 0 fully saturated rings. The standard InChI is InChI=1S/C22H20N2S/c1-15(2)18-10-13-20-21(14-18)25-22(24-20)23-19-11-8-17(9-12-19)16-6-4-3-5-7-16/h3-15H,1-2H3,(H,23,24). The van der Waals surface area contributed by atoms with Crippen molar-refractivity contribution in [1.82, 2.24) is 4.98 Å². The zero-order chi connectivity index (χ0) is 17.2. The van der Waals surface area contributed by atoms with Gasteiger partial charge in [0.2, 0.25) is 0 Å². The summed E-state index contributed by atoms with van der Waals surface area (Å²) in [4.78, 5) is 4.70. The Bertz CT molecular complexity index is 986. The fraction of sp³-hybridized carbons (Fsp3) is 0.136. The molecule has 25 heavy (non-hydrogen) atoms. The first-order valence-electron chi connectivity index (χ1n) is 8.52. The van der Waals surface area contributed by atoms with Gasteiger partial charge in [-0.2, -0.15) is 0 Å². The van der Waals surface area contributed by atoms with E-state index in [0.717, 1.165) is 16.3 Å². The summed E-state index contributed by atoms with van der Waals surface area (Å²) in [6, 6.07) is 25.5. The van der Waals surface area contributed by atoms with Gasteiger partial charge in [-0.15, -0.1) is 0 Å². The van der Waals surface area contributed by atoms with Crippen LogP contribution in [0.15, 0.2) is 72.8 Å². The maximum Gasteiger partial charge on any atom is 0.188 e. The van der Waals surface area contributed by atoms with Crippen molar-refractivity contribution in [3.05, 3.63) is 78.4 Å². The average Bonchev–Trinajstić information content (AvgIpc) is 3.04. The summed E-state index contributed by atoms with van der Waals surface area (Å²) < 4.78 is 1.23. The number of anilines is 2. The number of benzene rings is 3. The number of rotatable bonds is 4.